The third kappa shape index (κ3) is 6.18. The van der Waals surface area contributed by atoms with Gasteiger partial charge in [-0.1, -0.05) is 30.7 Å². The molecule has 9 nitrogen and oxygen atoms in total. The highest BCUT2D eigenvalue weighted by molar-refractivity contribution is 6.31. The van der Waals surface area contributed by atoms with Crippen LogP contribution in [-0.4, -0.2) is 54.1 Å². The Morgan fingerprint density at radius 2 is 1.83 bits per heavy atom. The predicted octanol–water partition coefficient (Wildman–Crippen LogP) is 5.61. The zero-order chi connectivity index (χ0) is 30.7. The average molecular weight is 598 g/mol. The van der Waals surface area contributed by atoms with Crippen LogP contribution in [0.25, 0.3) is 0 Å². The summed E-state index contributed by atoms with van der Waals surface area (Å²) in [5, 5.41) is 14.9. The molecule has 0 fully saturated rings. The fraction of sp³-hybridized carbons (Fsp3) is 0.429. The van der Waals surface area contributed by atoms with Crippen molar-refractivity contribution in [2.75, 3.05) is 20.8 Å². The molecule has 0 saturated heterocycles. The second-order valence-corrected chi connectivity index (χ2v) is 10.2. The lowest BCUT2D eigenvalue weighted by Crippen LogP contribution is -2.69. The molecular weight excluding hydrogens is 567 g/mol. The number of nitrogens with zero attached hydrogens (tertiary/aromatic N) is 2. The molecule has 1 N–H and O–H groups in total. The quantitative estimate of drug-likeness (QED) is 0.225. The zero-order valence-corrected chi connectivity index (χ0v) is 23.9. The molecule has 1 heterocycles. The molecule has 1 aliphatic rings. The van der Waals surface area contributed by atoms with Gasteiger partial charge in [0.1, 0.15) is 0 Å². The number of likely N-dealkylation sites (N-methyl/N-ethyl adjacent to an activating group) is 1. The first-order chi connectivity index (χ1) is 19.2. The van der Waals surface area contributed by atoms with Crippen molar-refractivity contribution in [3.8, 4) is 0 Å². The summed E-state index contributed by atoms with van der Waals surface area (Å²) < 4.78 is 50.3. The standard InChI is InChI=1S/C28H31ClF3N3O6/c1-6-13-41-26(37)27(34(4)15-18-7-9-19(10-8-18)28(30,31)32)17(3)33-16(2)23(25(36)40-5)24(27)21-14-20(35(38)39)11-12-22(21)29/h7-12,14,17,24,33H,6,13,15H2,1-5H3. The van der Waals surface area contributed by atoms with E-state index in [4.69, 9.17) is 21.1 Å². The molecular formula is C28H31ClF3N3O6. The molecule has 3 rings (SSSR count). The Morgan fingerprint density at radius 1 is 1.20 bits per heavy atom. The number of esters is 2. The molecule has 0 amide bonds. The van der Waals surface area contributed by atoms with E-state index in [0.29, 0.717) is 17.7 Å². The number of ether oxygens (including phenoxy) is 2. The minimum atomic E-state index is -4.53. The van der Waals surface area contributed by atoms with Gasteiger partial charge in [-0.25, -0.2) is 9.59 Å². The van der Waals surface area contributed by atoms with Crippen LogP contribution in [0.3, 0.4) is 0 Å². The summed E-state index contributed by atoms with van der Waals surface area (Å²) in [6.07, 6.45) is -4.05. The topological polar surface area (TPSA) is 111 Å². The Balaban J connectivity index is 2.33. The summed E-state index contributed by atoms with van der Waals surface area (Å²) >= 11 is 6.61. The van der Waals surface area contributed by atoms with E-state index in [1.807, 2.05) is 0 Å². The second-order valence-electron chi connectivity index (χ2n) is 9.80. The number of nitrogens with one attached hydrogen (secondary N) is 1. The van der Waals surface area contributed by atoms with Gasteiger partial charge in [0.05, 0.1) is 41.7 Å². The number of benzene rings is 2. The highest BCUT2D eigenvalue weighted by atomic mass is 35.5. The van der Waals surface area contributed by atoms with Gasteiger partial charge in [-0.3, -0.25) is 15.0 Å². The summed E-state index contributed by atoms with van der Waals surface area (Å²) in [5.74, 6) is -2.79. The van der Waals surface area contributed by atoms with Crippen molar-refractivity contribution in [3.63, 3.8) is 0 Å². The summed E-state index contributed by atoms with van der Waals surface area (Å²) in [6, 6.07) is 7.40. The summed E-state index contributed by atoms with van der Waals surface area (Å²) in [4.78, 5) is 40.1. The SMILES string of the molecule is CCCOC(=O)C1(N(C)Cc2ccc(C(F)(F)F)cc2)C(C)NC(C)=C(C(=O)OC)C1c1cc([N+](=O)[O-])ccc1Cl. The van der Waals surface area contributed by atoms with Gasteiger partial charge >= 0.3 is 18.1 Å². The first-order valence-corrected chi connectivity index (χ1v) is 13.1. The minimum absolute atomic E-state index is 0.000663. The van der Waals surface area contributed by atoms with E-state index in [1.54, 1.807) is 32.7 Å². The smallest absolute Gasteiger partial charge is 0.416 e. The molecule has 0 aromatic heterocycles. The van der Waals surface area contributed by atoms with Gasteiger partial charge < -0.3 is 14.8 Å². The van der Waals surface area contributed by atoms with E-state index in [1.165, 1.54) is 30.3 Å². The molecule has 3 unspecified atom stereocenters. The number of carbonyl (C=O) groups excluding carboxylic acids is 2. The zero-order valence-electron chi connectivity index (χ0n) is 23.2. The average Bonchev–Trinajstić information content (AvgIpc) is 2.91. The van der Waals surface area contributed by atoms with Crippen LogP contribution >= 0.6 is 11.6 Å². The van der Waals surface area contributed by atoms with Gasteiger partial charge in [0, 0.05) is 29.4 Å². The molecule has 0 saturated carbocycles. The number of allylic oxidation sites excluding steroid dienone is 1. The summed E-state index contributed by atoms with van der Waals surface area (Å²) in [6.45, 7) is 5.08. The van der Waals surface area contributed by atoms with E-state index in [0.717, 1.165) is 19.2 Å². The van der Waals surface area contributed by atoms with Crippen molar-refractivity contribution in [3.05, 3.63) is 85.6 Å². The molecule has 0 aliphatic carbocycles. The maximum atomic E-state index is 14.2. The van der Waals surface area contributed by atoms with Crippen molar-refractivity contribution in [2.45, 2.75) is 57.4 Å². The number of hydrogen-bond donors (Lipinski definition) is 1. The van der Waals surface area contributed by atoms with Crippen molar-refractivity contribution < 1.29 is 37.2 Å². The number of halogens is 4. The van der Waals surface area contributed by atoms with Gasteiger partial charge in [-0.15, -0.1) is 0 Å². The van der Waals surface area contributed by atoms with E-state index < -0.39 is 46.1 Å². The molecule has 0 spiro atoms. The van der Waals surface area contributed by atoms with Crippen LogP contribution in [-0.2, 0) is 31.8 Å². The molecule has 13 heteroatoms. The molecule has 0 radical (unpaired) electrons. The Labute approximate surface area is 240 Å². The van der Waals surface area contributed by atoms with Crippen LogP contribution in [0.4, 0.5) is 18.9 Å². The molecule has 41 heavy (non-hydrogen) atoms. The number of nitro groups is 1. The summed E-state index contributed by atoms with van der Waals surface area (Å²) in [5.41, 5.74) is -2.01. The van der Waals surface area contributed by atoms with E-state index in [9.17, 15) is 32.9 Å². The molecule has 2 aromatic rings. The molecule has 1 aliphatic heterocycles. The number of non-ortho nitro benzene ring substituents is 1. The second kappa shape index (κ2) is 12.5. The number of alkyl halides is 3. The van der Waals surface area contributed by atoms with Gasteiger partial charge in [-0.2, -0.15) is 13.2 Å². The minimum Gasteiger partial charge on any atom is -0.466 e. The van der Waals surface area contributed by atoms with Crippen molar-refractivity contribution >= 4 is 29.2 Å². The largest absolute Gasteiger partial charge is 0.466 e. The molecule has 222 valence electrons. The van der Waals surface area contributed by atoms with Gasteiger partial charge in [0.25, 0.3) is 5.69 Å². The van der Waals surface area contributed by atoms with Crippen LogP contribution < -0.4 is 5.32 Å². The molecule has 3 atom stereocenters. The van der Waals surface area contributed by atoms with Gasteiger partial charge in [0.15, 0.2) is 5.54 Å². The lowest BCUT2D eigenvalue weighted by Gasteiger charge is -2.52. The van der Waals surface area contributed by atoms with Gasteiger partial charge in [-0.05, 0) is 56.6 Å². The summed E-state index contributed by atoms with van der Waals surface area (Å²) in [7, 11) is 2.73. The first kappa shape index (κ1) is 31.9. The monoisotopic (exact) mass is 597 g/mol. The third-order valence-corrected chi connectivity index (χ3v) is 7.57. The van der Waals surface area contributed by atoms with Crippen molar-refractivity contribution in [1.82, 2.24) is 10.2 Å². The van der Waals surface area contributed by atoms with Crippen LogP contribution in [0.2, 0.25) is 5.02 Å². The van der Waals surface area contributed by atoms with Gasteiger partial charge in [0.2, 0.25) is 0 Å². The van der Waals surface area contributed by atoms with Crippen LogP contribution in [0.1, 0.15) is 49.8 Å². The highest BCUT2D eigenvalue weighted by Gasteiger charge is 2.60. The van der Waals surface area contributed by atoms with Crippen LogP contribution in [0.15, 0.2) is 53.7 Å². The lowest BCUT2D eigenvalue weighted by atomic mass is 9.66. The van der Waals surface area contributed by atoms with Crippen molar-refractivity contribution in [2.24, 2.45) is 0 Å². The Morgan fingerprint density at radius 3 is 2.37 bits per heavy atom. The molecule has 0 bridgehead atoms. The highest BCUT2D eigenvalue weighted by Crippen LogP contribution is 2.49. The number of nitro benzene ring substituents is 1. The number of rotatable bonds is 9. The number of carbonyl (C=O) groups is 2. The Kier molecular flexibility index (Phi) is 9.70. The van der Waals surface area contributed by atoms with Crippen LogP contribution in [0, 0.1) is 10.1 Å². The maximum Gasteiger partial charge on any atom is 0.416 e. The Bertz CT molecular complexity index is 1350. The van der Waals surface area contributed by atoms with Crippen LogP contribution in [0.5, 0.6) is 0 Å². The van der Waals surface area contributed by atoms with E-state index in [2.05, 4.69) is 5.32 Å². The third-order valence-electron chi connectivity index (χ3n) is 7.23. The maximum absolute atomic E-state index is 14.2. The Hall–Kier alpha value is -3.64. The fourth-order valence-electron chi connectivity index (χ4n) is 5.35. The number of hydrogen-bond acceptors (Lipinski definition) is 8. The number of methoxy groups -OCH3 is 1. The normalized spacial score (nSPS) is 20.9. The molecule has 2 aromatic carbocycles. The fourth-order valence-corrected chi connectivity index (χ4v) is 5.58. The first-order valence-electron chi connectivity index (χ1n) is 12.7. The lowest BCUT2D eigenvalue weighted by molar-refractivity contribution is -0.384. The van der Waals surface area contributed by atoms with E-state index in [-0.39, 0.29) is 35.0 Å². The van der Waals surface area contributed by atoms with E-state index >= 15 is 0 Å². The van der Waals surface area contributed by atoms with Crippen molar-refractivity contribution in [1.29, 1.82) is 0 Å². The predicted molar refractivity (Wildman–Crippen MR) is 145 cm³/mol.